The minimum atomic E-state index is -0.521. The summed E-state index contributed by atoms with van der Waals surface area (Å²) in [6.07, 6.45) is 0. The minimum Gasteiger partial charge on any atom is -0.324 e. The van der Waals surface area contributed by atoms with Crippen molar-refractivity contribution >= 4 is 50.3 Å². The van der Waals surface area contributed by atoms with Crippen LogP contribution in [-0.2, 0) is 17.9 Å². The fraction of sp³-hybridized carbons (Fsp3) is 0.100. The Balaban J connectivity index is 1.57. The molecule has 31 heavy (non-hydrogen) atoms. The molecule has 156 valence electrons. The topological polar surface area (TPSA) is 90.4 Å². The molecule has 1 aromatic carbocycles. The number of benzene rings is 1. The van der Waals surface area contributed by atoms with Crippen LogP contribution in [0.3, 0.4) is 0 Å². The lowest BCUT2D eigenvalue weighted by molar-refractivity contribution is -0.117. The largest absolute Gasteiger partial charge is 0.352 e. The molecule has 0 spiro atoms. The van der Waals surface area contributed by atoms with Crippen molar-refractivity contribution in [1.82, 2.24) is 18.7 Å². The number of amides is 1. The Kier molecular flexibility index (Phi) is 4.75. The molecule has 5 rings (SSSR count). The summed E-state index contributed by atoms with van der Waals surface area (Å²) < 4.78 is 17.3. The Morgan fingerprint density at radius 2 is 1.87 bits per heavy atom. The van der Waals surface area contributed by atoms with Crippen LogP contribution in [0.5, 0.6) is 0 Å². The van der Waals surface area contributed by atoms with Gasteiger partial charge in [0.25, 0.3) is 5.56 Å². The van der Waals surface area contributed by atoms with Crippen molar-refractivity contribution in [3.05, 3.63) is 84.8 Å². The number of aromatic nitrogens is 4. The van der Waals surface area contributed by atoms with Gasteiger partial charge in [-0.25, -0.2) is 18.3 Å². The second-order valence-corrected chi connectivity index (χ2v) is 8.68. The summed E-state index contributed by atoms with van der Waals surface area (Å²) in [5.74, 6) is -0.743. The number of nitrogens with one attached hydrogen (secondary N) is 1. The van der Waals surface area contributed by atoms with Gasteiger partial charge in [0.2, 0.25) is 11.7 Å². The van der Waals surface area contributed by atoms with Gasteiger partial charge in [0.1, 0.15) is 17.1 Å². The molecule has 0 aliphatic carbocycles. The molecule has 0 fully saturated rings. The molecule has 0 unspecified atom stereocenters. The van der Waals surface area contributed by atoms with E-state index in [-0.39, 0.29) is 24.4 Å². The Morgan fingerprint density at radius 3 is 2.61 bits per heavy atom. The SMILES string of the molecule is O=C(Cn1nc2n(Cc3cccs3)c(=O)c3sccc3n2c1=O)Nc1ccc(F)cc1. The van der Waals surface area contributed by atoms with Gasteiger partial charge < -0.3 is 5.32 Å². The maximum absolute atomic E-state index is 13.1. The van der Waals surface area contributed by atoms with E-state index in [1.165, 1.54) is 55.9 Å². The zero-order valence-corrected chi connectivity index (χ0v) is 17.5. The summed E-state index contributed by atoms with van der Waals surface area (Å²) in [4.78, 5) is 39.5. The zero-order chi connectivity index (χ0) is 21.5. The zero-order valence-electron chi connectivity index (χ0n) is 15.8. The quantitative estimate of drug-likeness (QED) is 0.441. The van der Waals surface area contributed by atoms with Crippen molar-refractivity contribution in [2.75, 3.05) is 5.32 Å². The van der Waals surface area contributed by atoms with Crippen LogP contribution in [0.1, 0.15) is 4.88 Å². The summed E-state index contributed by atoms with van der Waals surface area (Å²) in [5.41, 5.74) is 0.104. The lowest BCUT2D eigenvalue weighted by Crippen LogP contribution is -2.29. The van der Waals surface area contributed by atoms with Crippen LogP contribution in [0.2, 0.25) is 0 Å². The summed E-state index contributed by atoms with van der Waals surface area (Å²) in [6.45, 7) is -0.0806. The van der Waals surface area contributed by atoms with Gasteiger partial charge in [0, 0.05) is 10.6 Å². The molecule has 0 saturated carbocycles. The molecule has 0 bridgehead atoms. The Labute approximate surface area is 181 Å². The van der Waals surface area contributed by atoms with Crippen molar-refractivity contribution in [2.45, 2.75) is 13.1 Å². The maximum atomic E-state index is 13.1. The first kappa shape index (κ1) is 19.4. The lowest BCUT2D eigenvalue weighted by Gasteiger charge is -2.06. The molecular weight excluding hydrogens is 441 g/mol. The first-order valence-corrected chi connectivity index (χ1v) is 10.9. The molecule has 0 radical (unpaired) electrons. The van der Waals surface area contributed by atoms with Crippen LogP contribution in [0.25, 0.3) is 16.0 Å². The number of carbonyl (C=O) groups excluding carboxylic acids is 1. The predicted octanol–water partition coefficient (Wildman–Crippen LogP) is 2.76. The third-order valence-corrected chi connectivity index (χ3v) is 6.46. The Bertz CT molecular complexity index is 1530. The smallest absolute Gasteiger partial charge is 0.324 e. The molecule has 4 aromatic heterocycles. The molecule has 11 heteroatoms. The number of carbonyl (C=O) groups is 1. The van der Waals surface area contributed by atoms with E-state index in [4.69, 9.17) is 0 Å². The molecule has 1 N–H and O–H groups in total. The van der Waals surface area contributed by atoms with E-state index in [2.05, 4.69) is 10.4 Å². The van der Waals surface area contributed by atoms with Gasteiger partial charge in [-0.05, 0) is 47.2 Å². The molecular formula is C20H14FN5O3S2. The van der Waals surface area contributed by atoms with E-state index in [9.17, 15) is 18.8 Å². The standard InChI is InChI=1S/C20H14FN5O3S2/c21-12-3-5-13(6-4-12)22-16(27)11-25-20(29)26-15-7-9-31-17(15)18(28)24(19(26)23-25)10-14-2-1-8-30-14/h1-9H,10-11H2,(H,22,27). The maximum Gasteiger partial charge on any atom is 0.352 e. The van der Waals surface area contributed by atoms with Gasteiger partial charge in [-0.15, -0.1) is 27.8 Å². The van der Waals surface area contributed by atoms with Crippen molar-refractivity contribution in [3.63, 3.8) is 0 Å². The molecule has 0 aliphatic heterocycles. The third-order valence-electron chi connectivity index (χ3n) is 4.70. The monoisotopic (exact) mass is 455 g/mol. The van der Waals surface area contributed by atoms with Crippen LogP contribution in [0, 0.1) is 5.82 Å². The summed E-state index contributed by atoms with van der Waals surface area (Å²) >= 11 is 2.75. The van der Waals surface area contributed by atoms with Crippen molar-refractivity contribution in [1.29, 1.82) is 0 Å². The third kappa shape index (κ3) is 3.47. The predicted molar refractivity (Wildman–Crippen MR) is 118 cm³/mol. The van der Waals surface area contributed by atoms with E-state index in [0.717, 1.165) is 9.56 Å². The second kappa shape index (κ2) is 7.60. The molecule has 0 atom stereocenters. The van der Waals surface area contributed by atoms with E-state index < -0.39 is 17.4 Å². The number of nitrogens with zero attached hydrogens (tertiary/aromatic N) is 4. The molecule has 5 aromatic rings. The molecule has 1 amide bonds. The minimum absolute atomic E-state index is 0.170. The van der Waals surface area contributed by atoms with Gasteiger partial charge in [0.05, 0.1) is 12.1 Å². The highest BCUT2D eigenvalue weighted by Gasteiger charge is 2.20. The van der Waals surface area contributed by atoms with E-state index >= 15 is 0 Å². The van der Waals surface area contributed by atoms with Gasteiger partial charge in [0.15, 0.2) is 0 Å². The molecule has 0 aliphatic rings. The average Bonchev–Trinajstić information content (AvgIpc) is 3.48. The van der Waals surface area contributed by atoms with Crippen molar-refractivity contribution in [2.24, 2.45) is 0 Å². The highest BCUT2D eigenvalue weighted by molar-refractivity contribution is 7.17. The van der Waals surface area contributed by atoms with Crippen molar-refractivity contribution < 1.29 is 9.18 Å². The van der Waals surface area contributed by atoms with Crippen LogP contribution in [0.15, 0.2) is 62.8 Å². The van der Waals surface area contributed by atoms with Gasteiger partial charge in [-0.2, -0.15) is 0 Å². The number of fused-ring (bicyclic) bond motifs is 3. The summed E-state index contributed by atoms with van der Waals surface area (Å²) in [5, 5.41) is 10.6. The Morgan fingerprint density at radius 1 is 1.06 bits per heavy atom. The van der Waals surface area contributed by atoms with Crippen LogP contribution >= 0.6 is 22.7 Å². The number of hydrogen-bond donors (Lipinski definition) is 1. The van der Waals surface area contributed by atoms with Crippen LogP contribution < -0.4 is 16.6 Å². The number of thiophene rings is 2. The fourth-order valence-electron chi connectivity index (χ4n) is 3.31. The molecule has 0 saturated heterocycles. The molecule has 8 nitrogen and oxygen atoms in total. The van der Waals surface area contributed by atoms with Gasteiger partial charge >= 0.3 is 5.69 Å². The lowest BCUT2D eigenvalue weighted by atomic mass is 10.3. The summed E-state index contributed by atoms with van der Waals surface area (Å²) in [6, 6.07) is 10.8. The average molecular weight is 455 g/mol. The second-order valence-electron chi connectivity index (χ2n) is 6.74. The van der Waals surface area contributed by atoms with Gasteiger partial charge in [-0.3, -0.25) is 14.2 Å². The molecule has 4 heterocycles. The highest BCUT2D eigenvalue weighted by Crippen LogP contribution is 2.19. The van der Waals surface area contributed by atoms with Crippen LogP contribution in [-0.4, -0.2) is 24.7 Å². The van der Waals surface area contributed by atoms with Crippen molar-refractivity contribution in [3.8, 4) is 0 Å². The first-order chi connectivity index (χ1) is 15.0. The van der Waals surface area contributed by atoms with E-state index in [1.54, 1.807) is 11.4 Å². The number of hydrogen-bond acceptors (Lipinski definition) is 6. The number of rotatable bonds is 5. The van der Waals surface area contributed by atoms with E-state index in [1.807, 2.05) is 17.5 Å². The number of halogens is 1. The number of anilines is 1. The summed E-state index contributed by atoms with van der Waals surface area (Å²) in [7, 11) is 0. The Hall–Kier alpha value is -3.57. The van der Waals surface area contributed by atoms with E-state index in [0.29, 0.717) is 15.9 Å². The highest BCUT2D eigenvalue weighted by atomic mass is 32.1. The van der Waals surface area contributed by atoms with Gasteiger partial charge in [-0.1, -0.05) is 6.07 Å². The fourth-order valence-corrected chi connectivity index (χ4v) is 4.82. The first-order valence-electron chi connectivity index (χ1n) is 9.18. The van der Waals surface area contributed by atoms with Crippen LogP contribution in [0.4, 0.5) is 10.1 Å². The normalized spacial score (nSPS) is 11.4.